The van der Waals surface area contributed by atoms with Gasteiger partial charge in [-0.15, -0.1) is 0 Å². The van der Waals surface area contributed by atoms with Crippen molar-refractivity contribution in [3.05, 3.63) is 24.1 Å². The third-order valence-corrected chi connectivity index (χ3v) is 2.99. The van der Waals surface area contributed by atoms with Crippen LogP contribution in [0.2, 0.25) is 0 Å². The lowest BCUT2D eigenvalue weighted by atomic mass is 9.98. The molecule has 1 atom stereocenters. The summed E-state index contributed by atoms with van der Waals surface area (Å²) in [4.78, 5) is 17.5. The normalized spacial score (nSPS) is 20.1. The van der Waals surface area contributed by atoms with Gasteiger partial charge in [-0.1, -0.05) is 0 Å². The second kappa shape index (κ2) is 5.12. The number of esters is 1. The van der Waals surface area contributed by atoms with Gasteiger partial charge in [-0.3, -0.25) is 4.79 Å². The Bertz CT molecular complexity index is 394. The van der Waals surface area contributed by atoms with E-state index in [4.69, 9.17) is 4.74 Å². The molecule has 1 aliphatic heterocycles. The fraction of sp³-hybridized carbons (Fsp3) is 0.500. The first-order valence-electron chi connectivity index (χ1n) is 5.65. The summed E-state index contributed by atoms with van der Waals surface area (Å²) in [5, 5.41) is 0. The predicted octanol–water partition coefficient (Wildman–Crippen LogP) is 1.61. The zero-order valence-electron chi connectivity index (χ0n) is 9.73. The highest BCUT2D eigenvalue weighted by Crippen LogP contribution is 2.22. The average Bonchev–Trinajstić information content (AvgIpc) is 2.39. The number of ether oxygens (including phenoxy) is 1. The van der Waals surface area contributed by atoms with Crippen LogP contribution >= 0.6 is 0 Å². The highest BCUT2D eigenvalue weighted by Gasteiger charge is 2.26. The molecule has 0 N–H and O–H groups in total. The first-order valence-corrected chi connectivity index (χ1v) is 5.65. The fourth-order valence-electron chi connectivity index (χ4n) is 2.10. The van der Waals surface area contributed by atoms with Crippen molar-refractivity contribution in [1.29, 1.82) is 0 Å². The predicted molar refractivity (Wildman–Crippen MR) is 61.1 cm³/mol. The van der Waals surface area contributed by atoms with E-state index in [1.165, 1.54) is 19.4 Å². The van der Waals surface area contributed by atoms with Crippen LogP contribution in [0.25, 0.3) is 0 Å². The summed E-state index contributed by atoms with van der Waals surface area (Å²) in [6, 6.07) is 3.01. The van der Waals surface area contributed by atoms with Gasteiger partial charge in [-0.2, -0.15) is 0 Å². The van der Waals surface area contributed by atoms with Crippen molar-refractivity contribution in [2.45, 2.75) is 12.8 Å². The van der Waals surface area contributed by atoms with Crippen LogP contribution in [0.5, 0.6) is 0 Å². The minimum absolute atomic E-state index is 0.111. The molecule has 1 aromatic heterocycles. The zero-order chi connectivity index (χ0) is 12.3. The van der Waals surface area contributed by atoms with Gasteiger partial charge in [0.2, 0.25) is 0 Å². The van der Waals surface area contributed by atoms with E-state index >= 15 is 0 Å². The van der Waals surface area contributed by atoms with Gasteiger partial charge < -0.3 is 9.64 Å². The van der Waals surface area contributed by atoms with Crippen molar-refractivity contribution in [3.8, 4) is 0 Å². The molecular formula is C12H15FN2O2. The first kappa shape index (κ1) is 11.8. The lowest BCUT2D eigenvalue weighted by Crippen LogP contribution is -2.39. The fourth-order valence-corrected chi connectivity index (χ4v) is 2.10. The standard InChI is InChI=1S/C12H15FN2O2/c1-17-12(16)9-3-2-6-15(8-9)11-5-4-10(13)7-14-11/h4-5,7,9H,2-3,6,8H2,1H3. The van der Waals surface area contributed by atoms with Crippen LogP contribution in [0.1, 0.15) is 12.8 Å². The molecule has 2 heterocycles. The highest BCUT2D eigenvalue weighted by atomic mass is 19.1. The maximum absolute atomic E-state index is 12.8. The Balaban J connectivity index is 2.06. The molecule has 4 nitrogen and oxygen atoms in total. The molecule has 0 bridgehead atoms. The maximum atomic E-state index is 12.8. The van der Waals surface area contributed by atoms with Crippen molar-refractivity contribution in [2.24, 2.45) is 5.92 Å². The molecule has 1 aromatic rings. The van der Waals surface area contributed by atoms with Gasteiger partial charge in [-0.25, -0.2) is 9.37 Å². The van der Waals surface area contributed by atoms with Crippen LogP contribution in [-0.4, -0.2) is 31.2 Å². The Kier molecular flexibility index (Phi) is 3.56. The maximum Gasteiger partial charge on any atom is 0.310 e. The van der Waals surface area contributed by atoms with E-state index in [1.807, 2.05) is 4.90 Å². The molecule has 5 heteroatoms. The Hall–Kier alpha value is -1.65. The van der Waals surface area contributed by atoms with Crippen molar-refractivity contribution in [2.75, 3.05) is 25.1 Å². The summed E-state index contributed by atoms with van der Waals surface area (Å²) in [6.45, 7) is 1.43. The van der Waals surface area contributed by atoms with Crippen LogP contribution in [0.15, 0.2) is 18.3 Å². The van der Waals surface area contributed by atoms with E-state index in [1.54, 1.807) is 6.07 Å². The molecule has 1 aliphatic rings. The van der Waals surface area contributed by atoms with Crippen molar-refractivity contribution >= 4 is 11.8 Å². The van der Waals surface area contributed by atoms with Gasteiger partial charge in [0.25, 0.3) is 0 Å². The second-order valence-corrected chi connectivity index (χ2v) is 4.14. The summed E-state index contributed by atoms with van der Waals surface area (Å²) in [5.41, 5.74) is 0. The third kappa shape index (κ3) is 2.72. The van der Waals surface area contributed by atoms with Gasteiger partial charge >= 0.3 is 5.97 Å². The zero-order valence-corrected chi connectivity index (χ0v) is 9.73. The topological polar surface area (TPSA) is 42.4 Å². The van der Waals surface area contributed by atoms with Crippen LogP contribution in [0, 0.1) is 11.7 Å². The molecule has 92 valence electrons. The molecule has 1 unspecified atom stereocenters. The van der Waals surface area contributed by atoms with E-state index in [0.29, 0.717) is 12.4 Å². The largest absolute Gasteiger partial charge is 0.469 e. The number of halogens is 1. The Morgan fingerprint density at radius 1 is 1.59 bits per heavy atom. The minimum Gasteiger partial charge on any atom is -0.469 e. The molecular weight excluding hydrogens is 223 g/mol. The molecule has 1 saturated heterocycles. The molecule has 1 fully saturated rings. The smallest absolute Gasteiger partial charge is 0.310 e. The molecule has 0 spiro atoms. The number of carbonyl (C=O) groups is 1. The Morgan fingerprint density at radius 3 is 3.06 bits per heavy atom. The number of aromatic nitrogens is 1. The molecule has 0 aliphatic carbocycles. The first-order chi connectivity index (χ1) is 8.20. The van der Waals surface area contributed by atoms with Crippen LogP contribution in [-0.2, 0) is 9.53 Å². The number of carbonyl (C=O) groups excluding carboxylic acids is 1. The van der Waals surface area contributed by atoms with Gasteiger partial charge in [0.05, 0.1) is 19.2 Å². The van der Waals surface area contributed by atoms with Crippen LogP contribution in [0.3, 0.4) is 0 Å². The number of anilines is 1. The Labute approximate surface area is 99.4 Å². The van der Waals surface area contributed by atoms with Crippen molar-refractivity contribution in [3.63, 3.8) is 0 Å². The summed E-state index contributed by atoms with van der Waals surface area (Å²) >= 11 is 0. The Morgan fingerprint density at radius 2 is 2.41 bits per heavy atom. The van der Waals surface area contributed by atoms with Gasteiger partial charge in [0, 0.05) is 13.1 Å². The molecule has 0 saturated carbocycles. The lowest BCUT2D eigenvalue weighted by molar-refractivity contribution is -0.145. The van der Waals surface area contributed by atoms with E-state index in [2.05, 4.69) is 4.98 Å². The number of hydrogen-bond acceptors (Lipinski definition) is 4. The van der Waals surface area contributed by atoms with Gasteiger partial charge in [0.1, 0.15) is 11.6 Å². The lowest BCUT2D eigenvalue weighted by Gasteiger charge is -2.32. The number of methoxy groups -OCH3 is 1. The second-order valence-electron chi connectivity index (χ2n) is 4.14. The van der Waals surface area contributed by atoms with Crippen molar-refractivity contribution < 1.29 is 13.9 Å². The van der Waals surface area contributed by atoms with Gasteiger partial charge in [-0.05, 0) is 25.0 Å². The van der Waals surface area contributed by atoms with E-state index in [-0.39, 0.29) is 17.7 Å². The number of nitrogens with zero attached hydrogens (tertiary/aromatic N) is 2. The molecule has 0 radical (unpaired) electrons. The van der Waals surface area contributed by atoms with Crippen LogP contribution in [0.4, 0.5) is 10.2 Å². The number of piperidine rings is 1. The monoisotopic (exact) mass is 238 g/mol. The van der Waals surface area contributed by atoms with E-state index in [0.717, 1.165) is 19.4 Å². The van der Waals surface area contributed by atoms with Gasteiger partial charge in [0.15, 0.2) is 0 Å². The minimum atomic E-state index is -0.352. The average molecular weight is 238 g/mol. The van der Waals surface area contributed by atoms with Crippen molar-refractivity contribution in [1.82, 2.24) is 4.98 Å². The number of rotatable bonds is 2. The summed E-state index contributed by atoms with van der Waals surface area (Å²) in [5.74, 6) is 0.0627. The molecule has 0 amide bonds. The summed E-state index contributed by atoms with van der Waals surface area (Å²) in [7, 11) is 1.40. The molecule has 17 heavy (non-hydrogen) atoms. The quantitative estimate of drug-likeness (QED) is 0.734. The summed E-state index contributed by atoms with van der Waals surface area (Å²) in [6.07, 6.45) is 2.94. The third-order valence-electron chi connectivity index (χ3n) is 2.99. The number of hydrogen-bond donors (Lipinski definition) is 0. The SMILES string of the molecule is COC(=O)C1CCCN(c2ccc(F)cn2)C1. The highest BCUT2D eigenvalue weighted by molar-refractivity contribution is 5.73. The number of pyridine rings is 1. The van der Waals surface area contributed by atoms with E-state index in [9.17, 15) is 9.18 Å². The summed E-state index contributed by atoms with van der Waals surface area (Å²) < 4.78 is 17.5. The van der Waals surface area contributed by atoms with Crippen LogP contribution < -0.4 is 4.90 Å². The molecule has 0 aromatic carbocycles. The molecule has 2 rings (SSSR count). The van der Waals surface area contributed by atoms with E-state index < -0.39 is 0 Å².